The van der Waals surface area contributed by atoms with E-state index >= 15 is 0 Å². The van der Waals surface area contributed by atoms with E-state index in [1.807, 2.05) is 63.2 Å². The minimum atomic E-state index is -0.604. The molecule has 36 heavy (non-hydrogen) atoms. The van der Waals surface area contributed by atoms with Gasteiger partial charge in [-0.25, -0.2) is 19.6 Å². The van der Waals surface area contributed by atoms with Gasteiger partial charge in [-0.1, -0.05) is 18.2 Å². The third-order valence-electron chi connectivity index (χ3n) is 5.59. The minimum Gasteiger partial charge on any atom is -0.464 e. The van der Waals surface area contributed by atoms with Gasteiger partial charge in [-0.05, 0) is 56.7 Å². The van der Waals surface area contributed by atoms with E-state index in [2.05, 4.69) is 15.1 Å². The SMILES string of the molecule is COC(=O)c1cc2ccc(-c3ccnc(Cc4ccc5c(cnn5C(=O)OC(C)(C)C)c4)n3)cc2[nH]1. The van der Waals surface area contributed by atoms with Crippen LogP contribution in [0.2, 0.25) is 0 Å². The van der Waals surface area contributed by atoms with Crippen molar-refractivity contribution in [2.24, 2.45) is 0 Å². The van der Waals surface area contributed by atoms with Gasteiger partial charge in [0.2, 0.25) is 0 Å². The second-order valence-electron chi connectivity index (χ2n) is 9.44. The van der Waals surface area contributed by atoms with E-state index in [-0.39, 0.29) is 0 Å². The number of ether oxygens (including phenoxy) is 2. The molecule has 9 heteroatoms. The maximum Gasteiger partial charge on any atom is 0.435 e. The van der Waals surface area contributed by atoms with Crippen LogP contribution >= 0.6 is 0 Å². The third kappa shape index (κ3) is 4.68. The Balaban J connectivity index is 1.38. The van der Waals surface area contributed by atoms with Crippen molar-refractivity contribution in [2.75, 3.05) is 7.11 Å². The molecule has 0 aliphatic carbocycles. The van der Waals surface area contributed by atoms with E-state index in [0.717, 1.165) is 33.1 Å². The van der Waals surface area contributed by atoms with Gasteiger partial charge < -0.3 is 14.5 Å². The summed E-state index contributed by atoms with van der Waals surface area (Å²) in [5, 5.41) is 5.94. The summed E-state index contributed by atoms with van der Waals surface area (Å²) in [6.07, 6.45) is 3.38. The van der Waals surface area contributed by atoms with E-state index in [1.54, 1.807) is 18.5 Å². The molecular formula is C27H25N5O4. The molecule has 3 aromatic heterocycles. The molecule has 0 saturated heterocycles. The number of fused-ring (bicyclic) bond motifs is 2. The Morgan fingerprint density at radius 3 is 2.64 bits per heavy atom. The number of nitrogens with zero attached hydrogens (tertiary/aromatic N) is 4. The van der Waals surface area contributed by atoms with Gasteiger partial charge in [0.1, 0.15) is 17.1 Å². The average Bonchev–Trinajstić information content (AvgIpc) is 3.46. The predicted octanol–water partition coefficient (Wildman–Crippen LogP) is 5.14. The van der Waals surface area contributed by atoms with Crippen molar-refractivity contribution in [3.05, 3.63) is 78.0 Å². The van der Waals surface area contributed by atoms with E-state index in [1.165, 1.54) is 11.8 Å². The fourth-order valence-electron chi connectivity index (χ4n) is 3.98. The first-order valence-corrected chi connectivity index (χ1v) is 11.4. The van der Waals surface area contributed by atoms with Crippen molar-refractivity contribution in [2.45, 2.75) is 32.8 Å². The first-order valence-electron chi connectivity index (χ1n) is 11.4. The van der Waals surface area contributed by atoms with E-state index < -0.39 is 17.7 Å². The lowest BCUT2D eigenvalue weighted by Crippen LogP contribution is -2.27. The molecule has 0 aliphatic rings. The van der Waals surface area contributed by atoms with Crippen LogP contribution in [0.3, 0.4) is 0 Å². The average molecular weight is 484 g/mol. The summed E-state index contributed by atoms with van der Waals surface area (Å²) in [6, 6.07) is 15.2. The van der Waals surface area contributed by atoms with Crippen molar-refractivity contribution >= 4 is 33.9 Å². The van der Waals surface area contributed by atoms with Gasteiger partial charge in [0.25, 0.3) is 0 Å². The highest BCUT2D eigenvalue weighted by atomic mass is 16.6. The summed E-state index contributed by atoms with van der Waals surface area (Å²) in [5.41, 5.74) is 3.96. The maximum atomic E-state index is 12.4. The number of carbonyl (C=O) groups excluding carboxylic acids is 2. The molecule has 5 rings (SSSR count). The second-order valence-corrected chi connectivity index (χ2v) is 9.44. The molecule has 0 saturated carbocycles. The zero-order valence-corrected chi connectivity index (χ0v) is 20.4. The molecule has 0 radical (unpaired) electrons. The zero-order valence-electron chi connectivity index (χ0n) is 20.4. The molecule has 9 nitrogen and oxygen atoms in total. The lowest BCUT2D eigenvalue weighted by molar-refractivity contribution is 0.0521. The molecule has 0 aliphatic heterocycles. The van der Waals surface area contributed by atoms with Crippen molar-refractivity contribution in [1.82, 2.24) is 24.7 Å². The van der Waals surface area contributed by atoms with Crippen LogP contribution in [0.5, 0.6) is 0 Å². The molecular weight excluding hydrogens is 458 g/mol. The third-order valence-corrected chi connectivity index (χ3v) is 5.59. The molecule has 0 unspecified atom stereocenters. The molecule has 0 spiro atoms. The highest BCUT2D eigenvalue weighted by Gasteiger charge is 2.20. The van der Waals surface area contributed by atoms with Crippen LogP contribution in [0.25, 0.3) is 33.1 Å². The molecule has 0 amide bonds. The van der Waals surface area contributed by atoms with Gasteiger partial charge in [0, 0.05) is 34.5 Å². The van der Waals surface area contributed by atoms with Crippen molar-refractivity contribution in [3.63, 3.8) is 0 Å². The van der Waals surface area contributed by atoms with Gasteiger partial charge in [0.15, 0.2) is 0 Å². The van der Waals surface area contributed by atoms with Crippen LogP contribution < -0.4 is 0 Å². The van der Waals surface area contributed by atoms with Crippen molar-refractivity contribution < 1.29 is 19.1 Å². The maximum absolute atomic E-state index is 12.4. The lowest BCUT2D eigenvalue weighted by atomic mass is 10.1. The molecule has 0 atom stereocenters. The summed E-state index contributed by atoms with van der Waals surface area (Å²) in [7, 11) is 1.35. The number of hydrogen-bond donors (Lipinski definition) is 1. The van der Waals surface area contributed by atoms with Gasteiger partial charge in [-0.15, -0.1) is 0 Å². The van der Waals surface area contributed by atoms with Gasteiger partial charge in [-0.2, -0.15) is 9.78 Å². The number of aromatic amines is 1. The Bertz CT molecular complexity index is 1610. The first-order chi connectivity index (χ1) is 17.2. The number of aromatic nitrogens is 5. The summed E-state index contributed by atoms with van der Waals surface area (Å²) in [4.78, 5) is 36.6. The van der Waals surface area contributed by atoms with Crippen LogP contribution in [0.4, 0.5) is 4.79 Å². The number of hydrogen-bond acceptors (Lipinski definition) is 7. The van der Waals surface area contributed by atoms with Crippen molar-refractivity contribution in [3.8, 4) is 11.3 Å². The van der Waals surface area contributed by atoms with Crippen LogP contribution in [0.1, 0.15) is 42.6 Å². The van der Waals surface area contributed by atoms with E-state index in [0.29, 0.717) is 23.5 Å². The fourth-order valence-corrected chi connectivity index (χ4v) is 3.98. The number of rotatable bonds is 4. The first kappa shape index (κ1) is 23.2. The van der Waals surface area contributed by atoms with Gasteiger partial charge in [-0.3, -0.25) is 0 Å². The van der Waals surface area contributed by atoms with Crippen LogP contribution in [0.15, 0.2) is 60.9 Å². The predicted molar refractivity (Wildman–Crippen MR) is 135 cm³/mol. The number of methoxy groups -OCH3 is 1. The molecule has 0 bridgehead atoms. The van der Waals surface area contributed by atoms with E-state index in [4.69, 9.17) is 14.5 Å². The molecule has 3 heterocycles. The molecule has 5 aromatic rings. The van der Waals surface area contributed by atoms with Gasteiger partial charge in [0.05, 0.1) is 24.5 Å². The zero-order chi connectivity index (χ0) is 25.4. The normalized spacial score (nSPS) is 11.7. The largest absolute Gasteiger partial charge is 0.464 e. The topological polar surface area (TPSA) is 112 Å². The Morgan fingerprint density at radius 1 is 1.03 bits per heavy atom. The summed E-state index contributed by atoms with van der Waals surface area (Å²) in [6.45, 7) is 5.45. The molecule has 1 N–H and O–H groups in total. The Labute approximate surface area is 207 Å². The summed E-state index contributed by atoms with van der Waals surface area (Å²) in [5.74, 6) is 0.249. The summed E-state index contributed by atoms with van der Waals surface area (Å²) >= 11 is 0. The smallest absolute Gasteiger partial charge is 0.435 e. The number of benzene rings is 2. The minimum absolute atomic E-state index is 0.401. The molecule has 2 aromatic carbocycles. The van der Waals surface area contributed by atoms with E-state index in [9.17, 15) is 9.59 Å². The highest BCUT2D eigenvalue weighted by Crippen LogP contribution is 2.25. The van der Waals surface area contributed by atoms with Crippen LogP contribution in [-0.4, -0.2) is 49.5 Å². The fraction of sp³-hybridized carbons (Fsp3) is 0.222. The number of nitrogens with one attached hydrogen (secondary N) is 1. The number of H-pyrrole nitrogens is 1. The lowest BCUT2D eigenvalue weighted by Gasteiger charge is -2.19. The Hall–Kier alpha value is -4.53. The molecule has 182 valence electrons. The monoisotopic (exact) mass is 483 g/mol. The number of esters is 1. The standard InChI is InChI=1S/C27H25N5O4/c1-27(2,3)36-26(34)32-23-8-5-16(11-19(23)15-29-32)12-24-28-10-9-20(31-24)17-6-7-18-14-22(25(33)35-4)30-21(18)13-17/h5-11,13-15,30H,12H2,1-4H3. The Kier molecular flexibility index (Phi) is 5.75. The number of carbonyl (C=O) groups is 2. The Morgan fingerprint density at radius 2 is 1.86 bits per heavy atom. The quantitative estimate of drug-likeness (QED) is 0.352. The van der Waals surface area contributed by atoms with Crippen LogP contribution in [-0.2, 0) is 15.9 Å². The van der Waals surface area contributed by atoms with Crippen LogP contribution in [0, 0.1) is 0 Å². The highest BCUT2D eigenvalue weighted by molar-refractivity contribution is 5.95. The summed E-state index contributed by atoms with van der Waals surface area (Å²) < 4.78 is 11.5. The van der Waals surface area contributed by atoms with Gasteiger partial charge >= 0.3 is 12.1 Å². The van der Waals surface area contributed by atoms with Crippen molar-refractivity contribution in [1.29, 1.82) is 0 Å². The molecule has 0 fully saturated rings. The second kappa shape index (κ2) is 8.92.